The van der Waals surface area contributed by atoms with Crippen molar-refractivity contribution < 1.29 is 14.6 Å². The van der Waals surface area contributed by atoms with Crippen molar-refractivity contribution in [3.63, 3.8) is 0 Å². The van der Waals surface area contributed by atoms with Gasteiger partial charge in [0.1, 0.15) is 0 Å². The topological polar surface area (TPSA) is 54.0 Å². The minimum Gasteiger partial charge on any atom is -0.394 e. The molecule has 1 saturated heterocycles. The molecule has 5 nitrogen and oxygen atoms in total. The van der Waals surface area contributed by atoms with Gasteiger partial charge in [0.15, 0.2) is 5.11 Å². The molecule has 1 aliphatic rings. The summed E-state index contributed by atoms with van der Waals surface area (Å²) < 4.78 is 10.5. The second-order valence-corrected chi connectivity index (χ2v) is 4.27. The third kappa shape index (κ3) is 4.21. The molecular weight excluding hydrogens is 228 g/mol. The Hall–Kier alpha value is -0.430. The quantitative estimate of drug-likeness (QED) is 0.521. The van der Waals surface area contributed by atoms with Crippen LogP contribution < -0.4 is 5.32 Å². The third-order valence-corrected chi connectivity index (χ3v) is 2.80. The molecule has 0 spiro atoms. The summed E-state index contributed by atoms with van der Waals surface area (Å²) in [6.45, 7) is 4.73. The normalized spacial score (nSPS) is 25.6. The molecule has 0 aromatic heterocycles. The van der Waals surface area contributed by atoms with Gasteiger partial charge in [0.05, 0.1) is 25.4 Å². The number of rotatable bonds is 4. The number of morpholine rings is 1. The molecule has 2 N–H and O–H groups in total. The lowest BCUT2D eigenvalue weighted by atomic mass is 10.2. The van der Waals surface area contributed by atoms with E-state index in [1.807, 2.05) is 11.8 Å². The van der Waals surface area contributed by atoms with Crippen LogP contribution >= 0.6 is 12.2 Å². The minimum atomic E-state index is -0.147. The lowest BCUT2D eigenvalue weighted by molar-refractivity contribution is -0.0786. The van der Waals surface area contributed by atoms with E-state index in [0.29, 0.717) is 24.8 Å². The Morgan fingerprint density at radius 1 is 1.62 bits per heavy atom. The van der Waals surface area contributed by atoms with Crippen LogP contribution in [0.15, 0.2) is 0 Å². The maximum absolute atomic E-state index is 9.09. The number of ether oxygens (including phenoxy) is 2. The second-order valence-electron chi connectivity index (χ2n) is 3.88. The molecule has 0 aromatic rings. The lowest BCUT2D eigenvalue weighted by Crippen LogP contribution is -2.53. The first-order chi connectivity index (χ1) is 7.67. The molecule has 0 saturated carbocycles. The summed E-state index contributed by atoms with van der Waals surface area (Å²) >= 11 is 5.26. The first-order valence-electron chi connectivity index (χ1n) is 5.45. The molecule has 0 bridgehead atoms. The van der Waals surface area contributed by atoms with Crippen molar-refractivity contribution in [1.29, 1.82) is 0 Å². The van der Waals surface area contributed by atoms with Crippen molar-refractivity contribution in [3.8, 4) is 0 Å². The van der Waals surface area contributed by atoms with Gasteiger partial charge in [-0.05, 0) is 19.1 Å². The molecule has 2 atom stereocenters. The van der Waals surface area contributed by atoms with Gasteiger partial charge < -0.3 is 24.8 Å². The molecule has 16 heavy (non-hydrogen) atoms. The fourth-order valence-electron chi connectivity index (χ4n) is 1.68. The molecule has 94 valence electrons. The van der Waals surface area contributed by atoms with Crippen molar-refractivity contribution >= 4 is 17.3 Å². The Kier molecular flexibility index (Phi) is 5.97. The predicted molar refractivity (Wildman–Crippen MR) is 65.5 cm³/mol. The lowest BCUT2D eigenvalue weighted by Gasteiger charge is -2.37. The highest BCUT2D eigenvalue weighted by atomic mass is 32.1. The van der Waals surface area contributed by atoms with Crippen LogP contribution in [0.5, 0.6) is 0 Å². The van der Waals surface area contributed by atoms with E-state index in [0.717, 1.165) is 6.54 Å². The van der Waals surface area contributed by atoms with Gasteiger partial charge in [-0.25, -0.2) is 0 Å². The van der Waals surface area contributed by atoms with Gasteiger partial charge in [-0.2, -0.15) is 0 Å². The monoisotopic (exact) mass is 248 g/mol. The average molecular weight is 248 g/mol. The first kappa shape index (κ1) is 13.6. The van der Waals surface area contributed by atoms with E-state index in [1.165, 1.54) is 0 Å². The van der Waals surface area contributed by atoms with Crippen molar-refractivity contribution in [3.05, 3.63) is 0 Å². The molecule has 0 amide bonds. The molecule has 1 aliphatic heterocycles. The molecule has 1 rings (SSSR count). The Morgan fingerprint density at radius 2 is 2.38 bits per heavy atom. The summed E-state index contributed by atoms with van der Waals surface area (Å²) in [5.41, 5.74) is 0. The Morgan fingerprint density at radius 3 is 3.00 bits per heavy atom. The molecule has 6 heteroatoms. The Bertz CT molecular complexity index is 228. The maximum Gasteiger partial charge on any atom is 0.169 e. The SMILES string of the molecule is COCCNC(=S)N1CC(C)OC(CO)C1. The standard InChI is InChI=1S/C10H20N2O3S/c1-8-5-12(6-9(7-13)15-8)10(16)11-3-4-14-2/h8-9,13H,3-7H2,1-2H3,(H,11,16). The summed E-state index contributed by atoms with van der Waals surface area (Å²) in [5.74, 6) is 0. The minimum absolute atomic E-state index is 0.0293. The predicted octanol–water partition coefficient (Wildman–Crippen LogP) is -0.411. The van der Waals surface area contributed by atoms with E-state index in [9.17, 15) is 0 Å². The number of hydrogen-bond donors (Lipinski definition) is 2. The zero-order valence-corrected chi connectivity index (χ0v) is 10.6. The second kappa shape index (κ2) is 7.01. The zero-order valence-electron chi connectivity index (χ0n) is 9.81. The van der Waals surface area contributed by atoms with E-state index in [1.54, 1.807) is 7.11 Å². The number of aliphatic hydroxyl groups excluding tert-OH is 1. The van der Waals surface area contributed by atoms with Crippen LogP contribution in [-0.2, 0) is 9.47 Å². The smallest absolute Gasteiger partial charge is 0.169 e. The van der Waals surface area contributed by atoms with Crippen LogP contribution in [0.3, 0.4) is 0 Å². The zero-order chi connectivity index (χ0) is 12.0. The van der Waals surface area contributed by atoms with Gasteiger partial charge in [0.2, 0.25) is 0 Å². The summed E-state index contributed by atoms with van der Waals surface area (Å²) in [6.07, 6.45) is -0.0565. The summed E-state index contributed by atoms with van der Waals surface area (Å²) in [5, 5.41) is 12.9. The van der Waals surface area contributed by atoms with Crippen LogP contribution in [0.2, 0.25) is 0 Å². The van der Waals surface area contributed by atoms with Crippen molar-refractivity contribution in [1.82, 2.24) is 10.2 Å². The van der Waals surface area contributed by atoms with Gasteiger partial charge in [-0.15, -0.1) is 0 Å². The Balaban J connectivity index is 2.36. The van der Waals surface area contributed by atoms with E-state index in [-0.39, 0.29) is 18.8 Å². The van der Waals surface area contributed by atoms with Gasteiger partial charge in [0, 0.05) is 26.7 Å². The highest BCUT2D eigenvalue weighted by Crippen LogP contribution is 2.10. The van der Waals surface area contributed by atoms with E-state index in [4.69, 9.17) is 26.8 Å². The van der Waals surface area contributed by atoms with Gasteiger partial charge >= 0.3 is 0 Å². The fourth-order valence-corrected chi connectivity index (χ4v) is 1.93. The van der Waals surface area contributed by atoms with Crippen molar-refractivity contribution in [2.75, 3.05) is 40.0 Å². The van der Waals surface area contributed by atoms with Crippen molar-refractivity contribution in [2.45, 2.75) is 19.1 Å². The Labute approximate surface area is 102 Å². The van der Waals surface area contributed by atoms with Crippen LogP contribution in [0.4, 0.5) is 0 Å². The van der Waals surface area contributed by atoms with Crippen LogP contribution in [0.25, 0.3) is 0 Å². The number of aliphatic hydroxyl groups is 1. The number of hydrogen-bond acceptors (Lipinski definition) is 4. The highest BCUT2D eigenvalue weighted by molar-refractivity contribution is 7.80. The molecule has 1 fully saturated rings. The van der Waals surface area contributed by atoms with Crippen LogP contribution in [0.1, 0.15) is 6.92 Å². The summed E-state index contributed by atoms with van der Waals surface area (Å²) in [7, 11) is 1.66. The van der Waals surface area contributed by atoms with Crippen LogP contribution in [-0.4, -0.2) is 67.3 Å². The van der Waals surface area contributed by atoms with Gasteiger partial charge in [-0.3, -0.25) is 0 Å². The molecule has 0 radical (unpaired) electrons. The third-order valence-electron chi connectivity index (χ3n) is 2.40. The molecule has 0 aliphatic carbocycles. The largest absolute Gasteiger partial charge is 0.394 e. The van der Waals surface area contributed by atoms with Gasteiger partial charge in [0.25, 0.3) is 0 Å². The average Bonchev–Trinajstić information content (AvgIpc) is 2.28. The number of methoxy groups -OCH3 is 1. The molecule has 0 aromatic carbocycles. The highest BCUT2D eigenvalue weighted by Gasteiger charge is 2.25. The molecule has 2 unspecified atom stereocenters. The number of nitrogens with zero attached hydrogens (tertiary/aromatic N) is 1. The summed E-state index contributed by atoms with van der Waals surface area (Å²) in [6, 6.07) is 0. The summed E-state index contributed by atoms with van der Waals surface area (Å²) in [4.78, 5) is 2.03. The van der Waals surface area contributed by atoms with E-state index in [2.05, 4.69) is 5.32 Å². The van der Waals surface area contributed by atoms with Crippen molar-refractivity contribution in [2.24, 2.45) is 0 Å². The fraction of sp³-hybridized carbons (Fsp3) is 0.900. The van der Waals surface area contributed by atoms with E-state index < -0.39 is 0 Å². The maximum atomic E-state index is 9.09. The first-order valence-corrected chi connectivity index (χ1v) is 5.86. The molecular formula is C10H20N2O3S. The molecule has 1 heterocycles. The van der Waals surface area contributed by atoms with Gasteiger partial charge in [-0.1, -0.05) is 0 Å². The van der Waals surface area contributed by atoms with E-state index >= 15 is 0 Å². The number of thiocarbonyl (C=S) groups is 1. The van der Waals surface area contributed by atoms with Crippen LogP contribution in [0, 0.1) is 0 Å². The number of nitrogens with one attached hydrogen (secondary N) is 1.